The lowest BCUT2D eigenvalue weighted by Crippen LogP contribution is -2.29. The van der Waals surface area contributed by atoms with E-state index in [1.165, 1.54) is 6.07 Å². The average molecular weight is 364 g/mol. The van der Waals surface area contributed by atoms with Gasteiger partial charge in [-0.2, -0.15) is 0 Å². The van der Waals surface area contributed by atoms with Crippen molar-refractivity contribution in [2.24, 2.45) is 0 Å². The molecule has 0 saturated carbocycles. The van der Waals surface area contributed by atoms with Crippen molar-refractivity contribution in [1.82, 2.24) is 5.32 Å². The molecule has 2 N–H and O–H groups in total. The predicted octanol–water partition coefficient (Wildman–Crippen LogP) is 5.60. The molecule has 0 aliphatic rings. The van der Waals surface area contributed by atoms with Gasteiger partial charge in [-0.25, -0.2) is 4.39 Å². The van der Waals surface area contributed by atoms with E-state index in [1.807, 2.05) is 64.1 Å². The Bertz CT molecular complexity index is 979. The number of halogens is 1. The molecule has 0 radical (unpaired) electrons. The molecule has 140 valence electrons. The first-order valence-electron chi connectivity index (χ1n) is 9.24. The Morgan fingerprint density at radius 3 is 2.22 bits per heavy atom. The monoisotopic (exact) mass is 364 g/mol. The molecule has 0 bridgehead atoms. The minimum Gasteiger partial charge on any atom is -0.383 e. The average Bonchev–Trinajstić information content (AvgIpc) is 2.60. The lowest BCUT2D eigenvalue weighted by Gasteiger charge is -2.12. The zero-order valence-corrected chi connectivity index (χ0v) is 16.1. The molecule has 0 aliphatic carbocycles. The molecule has 0 unspecified atom stereocenters. The van der Waals surface area contributed by atoms with E-state index in [1.54, 1.807) is 12.1 Å². The van der Waals surface area contributed by atoms with Crippen LogP contribution >= 0.6 is 0 Å². The van der Waals surface area contributed by atoms with Crippen LogP contribution in [0.4, 0.5) is 10.1 Å². The van der Waals surface area contributed by atoms with Gasteiger partial charge in [0.15, 0.2) is 0 Å². The molecule has 0 aliphatic heterocycles. The minimum atomic E-state index is -0.257. The maximum Gasteiger partial charge on any atom is 0.251 e. The van der Waals surface area contributed by atoms with Crippen LogP contribution in [0.1, 0.15) is 38.1 Å². The Hall–Kier alpha value is -2.88. The standard InChI is InChI=1S/C23H25FN2O/c1-14(2)25-20-9-10-21(22(24)13-20)18-7-5-17-12-19(8-6-16(17)11-18)23(27)26-15(3)4/h5-15,25H,1-4H3,(H,26,27). The summed E-state index contributed by atoms with van der Waals surface area (Å²) in [6.45, 7) is 7.90. The molecule has 0 atom stereocenters. The van der Waals surface area contributed by atoms with E-state index < -0.39 is 0 Å². The van der Waals surface area contributed by atoms with Crippen LogP contribution in [0, 0.1) is 5.82 Å². The number of nitrogens with one attached hydrogen (secondary N) is 2. The lowest BCUT2D eigenvalue weighted by atomic mass is 9.99. The minimum absolute atomic E-state index is 0.0877. The maximum absolute atomic E-state index is 14.6. The summed E-state index contributed by atoms with van der Waals surface area (Å²) >= 11 is 0. The smallest absolute Gasteiger partial charge is 0.251 e. The van der Waals surface area contributed by atoms with Crippen LogP contribution in [0.3, 0.4) is 0 Å². The third-order valence-electron chi connectivity index (χ3n) is 4.26. The zero-order chi connectivity index (χ0) is 19.6. The first kappa shape index (κ1) is 18.9. The van der Waals surface area contributed by atoms with Crippen molar-refractivity contribution >= 4 is 22.4 Å². The highest BCUT2D eigenvalue weighted by atomic mass is 19.1. The molecule has 3 nitrogen and oxygen atoms in total. The van der Waals surface area contributed by atoms with Crippen LogP contribution in [-0.4, -0.2) is 18.0 Å². The van der Waals surface area contributed by atoms with Gasteiger partial charge in [-0.3, -0.25) is 4.79 Å². The molecule has 0 fully saturated rings. The Balaban J connectivity index is 1.92. The number of fused-ring (bicyclic) bond motifs is 1. The SMILES string of the molecule is CC(C)NC(=O)c1ccc2cc(-c3ccc(NC(C)C)cc3F)ccc2c1. The Morgan fingerprint density at radius 1 is 0.852 bits per heavy atom. The summed E-state index contributed by atoms with van der Waals surface area (Å²) < 4.78 is 14.6. The summed E-state index contributed by atoms with van der Waals surface area (Å²) in [5.41, 5.74) is 2.77. The topological polar surface area (TPSA) is 41.1 Å². The largest absolute Gasteiger partial charge is 0.383 e. The van der Waals surface area contributed by atoms with Gasteiger partial charge >= 0.3 is 0 Å². The fourth-order valence-electron chi connectivity index (χ4n) is 3.07. The number of hydrogen-bond donors (Lipinski definition) is 2. The highest BCUT2D eigenvalue weighted by Crippen LogP contribution is 2.29. The van der Waals surface area contributed by atoms with E-state index in [2.05, 4.69) is 10.6 Å². The number of amides is 1. The second kappa shape index (κ2) is 7.78. The first-order valence-corrected chi connectivity index (χ1v) is 9.24. The van der Waals surface area contributed by atoms with Gasteiger partial charge in [-0.05, 0) is 80.4 Å². The number of benzene rings is 3. The summed E-state index contributed by atoms with van der Waals surface area (Å²) in [6, 6.07) is 16.9. The summed E-state index contributed by atoms with van der Waals surface area (Å²) in [7, 11) is 0. The van der Waals surface area contributed by atoms with Gasteiger partial charge in [0.05, 0.1) is 0 Å². The van der Waals surface area contributed by atoms with Gasteiger partial charge in [0, 0.05) is 28.9 Å². The second-order valence-corrected chi connectivity index (χ2v) is 7.40. The van der Waals surface area contributed by atoms with Gasteiger partial charge in [0.2, 0.25) is 0 Å². The van der Waals surface area contributed by atoms with Crippen molar-refractivity contribution in [3.63, 3.8) is 0 Å². The predicted molar refractivity (Wildman–Crippen MR) is 111 cm³/mol. The van der Waals surface area contributed by atoms with Crippen molar-refractivity contribution in [1.29, 1.82) is 0 Å². The molecule has 27 heavy (non-hydrogen) atoms. The Labute approximate surface area is 159 Å². The summed E-state index contributed by atoms with van der Waals surface area (Å²) in [6.07, 6.45) is 0. The Morgan fingerprint density at radius 2 is 1.56 bits per heavy atom. The molecule has 0 saturated heterocycles. The molecule has 3 aromatic carbocycles. The molecule has 0 aromatic heterocycles. The van der Waals surface area contributed by atoms with Crippen LogP contribution in [0.5, 0.6) is 0 Å². The van der Waals surface area contributed by atoms with Crippen LogP contribution in [-0.2, 0) is 0 Å². The maximum atomic E-state index is 14.6. The van der Waals surface area contributed by atoms with Crippen LogP contribution in [0.25, 0.3) is 21.9 Å². The van der Waals surface area contributed by atoms with E-state index in [4.69, 9.17) is 0 Å². The molecule has 3 rings (SSSR count). The number of rotatable bonds is 5. The number of carbonyl (C=O) groups is 1. The highest BCUT2D eigenvalue weighted by Gasteiger charge is 2.10. The van der Waals surface area contributed by atoms with E-state index in [0.29, 0.717) is 11.1 Å². The summed E-state index contributed by atoms with van der Waals surface area (Å²) in [5, 5.41) is 8.02. The van der Waals surface area contributed by atoms with Crippen LogP contribution in [0.2, 0.25) is 0 Å². The van der Waals surface area contributed by atoms with Gasteiger partial charge in [-0.15, -0.1) is 0 Å². The molecule has 3 aromatic rings. The lowest BCUT2D eigenvalue weighted by molar-refractivity contribution is 0.0943. The number of carbonyl (C=O) groups excluding carboxylic acids is 1. The van der Waals surface area contributed by atoms with Crippen molar-refractivity contribution in [2.75, 3.05) is 5.32 Å². The van der Waals surface area contributed by atoms with Crippen LogP contribution < -0.4 is 10.6 Å². The number of hydrogen-bond acceptors (Lipinski definition) is 2. The van der Waals surface area contributed by atoms with Gasteiger partial charge in [-0.1, -0.05) is 18.2 Å². The van der Waals surface area contributed by atoms with Gasteiger partial charge < -0.3 is 10.6 Å². The fourth-order valence-corrected chi connectivity index (χ4v) is 3.07. The molecule has 4 heteroatoms. The van der Waals surface area contributed by atoms with E-state index in [9.17, 15) is 9.18 Å². The van der Waals surface area contributed by atoms with E-state index in [-0.39, 0.29) is 23.8 Å². The van der Waals surface area contributed by atoms with Crippen molar-refractivity contribution in [3.05, 3.63) is 66.0 Å². The summed E-state index contributed by atoms with van der Waals surface area (Å²) in [5.74, 6) is -0.344. The van der Waals surface area contributed by atoms with E-state index in [0.717, 1.165) is 22.0 Å². The molecule has 0 heterocycles. The molecular weight excluding hydrogens is 339 g/mol. The van der Waals surface area contributed by atoms with Gasteiger partial charge in [0.1, 0.15) is 5.82 Å². The van der Waals surface area contributed by atoms with Gasteiger partial charge in [0.25, 0.3) is 5.91 Å². The molecule has 1 amide bonds. The normalized spacial score (nSPS) is 11.2. The number of anilines is 1. The highest BCUT2D eigenvalue weighted by molar-refractivity contribution is 5.99. The quantitative estimate of drug-likeness (QED) is 0.618. The van der Waals surface area contributed by atoms with Crippen molar-refractivity contribution < 1.29 is 9.18 Å². The van der Waals surface area contributed by atoms with Crippen molar-refractivity contribution in [3.8, 4) is 11.1 Å². The fraction of sp³-hybridized carbons (Fsp3) is 0.261. The third-order valence-corrected chi connectivity index (χ3v) is 4.26. The zero-order valence-electron chi connectivity index (χ0n) is 16.1. The Kier molecular flexibility index (Phi) is 5.45. The second-order valence-electron chi connectivity index (χ2n) is 7.40. The van der Waals surface area contributed by atoms with Crippen LogP contribution in [0.15, 0.2) is 54.6 Å². The first-order chi connectivity index (χ1) is 12.8. The summed E-state index contributed by atoms with van der Waals surface area (Å²) in [4.78, 5) is 12.2. The molecular formula is C23H25FN2O. The van der Waals surface area contributed by atoms with Crippen molar-refractivity contribution in [2.45, 2.75) is 39.8 Å². The third kappa shape index (κ3) is 4.45. The van der Waals surface area contributed by atoms with E-state index >= 15 is 0 Å². The molecule has 0 spiro atoms.